The molecule has 248 valence electrons. The Hall–Kier alpha value is -4.53. The van der Waals surface area contributed by atoms with E-state index < -0.39 is 11.6 Å². The molecule has 4 aromatic rings. The Kier molecular flexibility index (Phi) is 7.80. The number of hydrogen-bond acceptors (Lipinski definition) is 9. The Bertz CT molecular complexity index is 1990. The van der Waals surface area contributed by atoms with Crippen molar-refractivity contribution < 1.29 is 23.4 Å². The van der Waals surface area contributed by atoms with E-state index in [1.54, 1.807) is 0 Å². The van der Waals surface area contributed by atoms with E-state index in [-0.39, 0.29) is 64.1 Å². The standard InChI is InChI=1S/C37H38F2N6O3/c1-4-6-20(14-44-15-22-11-23(22)16-44)19-48-37-42-34-31(35(43-37)45-17-24-8-9-25(18-45)40-24)36(47-3)41-33(32(34)39)28-13-26(46)12-21-7-10-29(38)27(5-2)30(21)28/h2,6-7,10,12-13,22-25,40,46H,4,8-9,11,14-19H2,1,3H3/b20-6+. The van der Waals surface area contributed by atoms with E-state index >= 15 is 4.39 Å². The smallest absolute Gasteiger partial charge is 0.319 e. The molecule has 4 fully saturated rings. The van der Waals surface area contributed by atoms with Crippen LogP contribution in [0.3, 0.4) is 0 Å². The van der Waals surface area contributed by atoms with Gasteiger partial charge in [0.25, 0.3) is 0 Å². The van der Waals surface area contributed by atoms with Crippen molar-refractivity contribution in [1.29, 1.82) is 0 Å². The molecule has 8 rings (SSSR count). The highest BCUT2D eigenvalue weighted by Gasteiger charge is 2.45. The number of hydrogen-bond donors (Lipinski definition) is 2. The predicted molar refractivity (Wildman–Crippen MR) is 180 cm³/mol. The van der Waals surface area contributed by atoms with E-state index in [0.717, 1.165) is 56.3 Å². The monoisotopic (exact) mass is 652 g/mol. The number of anilines is 1. The molecule has 1 saturated carbocycles. The van der Waals surface area contributed by atoms with E-state index in [1.165, 1.54) is 37.8 Å². The number of aromatic nitrogens is 3. The van der Waals surface area contributed by atoms with Crippen molar-refractivity contribution in [2.45, 2.75) is 44.7 Å². The van der Waals surface area contributed by atoms with Gasteiger partial charge in [0, 0.05) is 55.8 Å². The zero-order valence-corrected chi connectivity index (χ0v) is 27.1. The van der Waals surface area contributed by atoms with E-state index in [1.807, 2.05) is 0 Å². The summed E-state index contributed by atoms with van der Waals surface area (Å²) >= 11 is 0. The van der Waals surface area contributed by atoms with Gasteiger partial charge >= 0.3 is 6.01 Å². The molecule has 3 aliphatic heterocycles. The van der Waals surface area contributed by atoms with Crippen LogP contribution in [0.5, 0.6) is 17.6 Å². The fraction of sp³-hybridized carbons (Fsp3) is 0.432. The van der Waals surface area contributed by atoms with Crippen LogP contribution in [0.4, 0.5) is 14.6 Å². The van der Waals surface area contributed by atoms with Gasteiger partial charge in [0.1, 0.15) is 40.6 Å². The average Bonchev–Trinajstić information content (AvgIpc) is 3.55. The van der Waals surface area contributed by atoms with Crippen molar-refractivity contribution in [3.63, 3.8) is 0 Å². The SMILES string of the molecule is C#Cc1c(F)ccc2cc(O)cc(-c3nc(OC)c4c(N5CC6CCC(C5)N6)nc(OC/C(=C/CC)CN5CC6CC6C5)nc4c3F)c12. The molecule has 2 N–H and O–H groups in total. The average molecular weight is 653 g/mol. The fourth-order valence-electron chi connectivity index (χ4n) is 7.97. The van der Waals surface area contributed by atoms with Gasteiger partial charge < -0.3 is 24.8 Å². The number of methoxy groups -OCH3 is 1. The number of terminal acetylenes is 1. The molecule has 3 saturated heterocycles. The fourth-order valence-corrected chi connectivity index (χ4v) is 7.97. The number of pyridine rings is 1. The van der Waals surface area contributed by atoms with Crippen molar-refractivity contribution in [2.75, 3.05) is 51.3 Å². The number of allylic oxidation sites excluding steroid dienone is 1. The number of rotatable bonds is 9. The summed E-state index contributed by atoms with van der Waals surface area (Å²) in [5, 5.41) is 15.3. The second-order valence-corrected chi connectivity index (χ2v) is 13.5. The van der Waals surface area contributed by atoms with Crippen molar-refractivity contribution >= 4 is 27.5 Å². The summed E-state index contributed by atoms with van der Waals surface area (Å²) in [5.41, 5.74) is 0.968. The van der Waals surface area contributed by atoms with Crippen molar-refractivity contribution in [1.82, 2.24) is 25.2 Å². The van der Waals surface area contributed by atoms with E-state index in [2.05, 4.69) is 44.0 Å². The summed E-state index contributed by atoms with van der Waals surface area (Å²) < 4.78 is 44.1. The van der Waals surface area contributed by atoms with Crippen molar-refractivity contribution in [2.24, 2.45) is 11.8 Å². The van der Waals surface area contributed by atoms with Gasteiger partial charge in [-0.3, -0.25) is 4.90 Å². The molecule has 0 amide bonds. The van der Waals surface area contributed by atoms with Crippen LogP contribution in [-0.2, 0) is 0 Å². The Morgan fingerprint density at radius 2 is 1.85 bits per heavy atom. The molecule has 4 atom stereocenters. The molecular weight excluding hydrogens is 614 g/mol. The molecule has 2 aromatic heterocycles. The van der Waals surface area contributed by atoms with Crippen molar-refractivity contribution in [3.8, 4) is 41.2 Å². The number of likely N-dealkylation sites (tertiary alicyclic amines) is 1. The number of fused-ring (bicyclic) bond motifs is 5. The van der Waals surface area contributed by atoms with Crippen LogP contribution in [0, 0.1) is 35.8 Å². The lowest BCUT2D eigenvalue weighted by Gasteiger charge is -2.34. The molecule has 5 heterocycles. The summed E-state index contributed by atoms with van der Waals surface area (Å²) in [4.78, 5) is 18.7. The Morgan fingerprint density at radius 1 is 1.08 bits per heavy atom. The summed E-state index contributed by atoms with van der Waals surface area (Å²) in [7, 11) is 1.45. The zero-order valence-electron chi connectivity index (χ0n) is 27.1. The molecule has 2 bridgehead atoms. The molecular formula is C37H38F2N6O3. The summed E-state index contributed by atoms with van der Waals surface area (Å²) in [6, 6.07) is 6.10. The first-order valence-corrected chi connectivity index (χ1v) is 16.7. The lowest BCUT2D eigenvalue weighted by Crippen LogP contribution is -2.51. The highest BCUT2D eigenvalue weighted by Crippen LogP contribution is 2.45. The van der Waals surface area contributed by atoms with Gasteiger partial charge in [-0.1, -0.05) is 25.0 Å². The molecule has 4 unspecified atom stereocenters. The second kappa shape index (κ2) is 12.2. The Labute approximate surface area is 278 Å². The largest absolute Gasteiger partial charge is 0.508 e. The van der Waals surface area contributed by atoms with Crippen LogP contribution < -0.4 is 19.7 Å². The number of phenolic OH excluding ortho intramolecular Hbond substituents is 1. The summed E-state index contributed by atoms with van der Waals surface area (Å²) in [6.45, 7) is 6.77. The first-order valence-electron chi connectivity index (χ1n) is 16.7. The highest BCUT2D eigenvalue weighted by molar-refractivity contribution is 6.04. The molecule has 1 aliphatic carbocycles. The third-order valence-electron chi connectivity index (χ3n) is 10.2. The maximum absolute atomic E-state index is 17.1. The highest BCUT2D eigenvalue weighted by atomic mass is 19.1. The number of piperidine rings is 1. The minimum Gasteiger partial charge on any atom is -0.508 e. The summed E-state index contributed by atoms with van der Waals surface area (Å²) in [5.74, 6) is 3.06. The first-order chi connectivity index (χ1) is 23.3. The molecule has 48 heavy (non-hydrogen) atoms. The second-order valence-electron chi connectivity index (χ2n) is 13.5. The van der Waals surface area contributed by atoms with E-state index in [4.69, 9.17) is 20.9 Å². The number of benzene rings is 2. The molecule has 2 aromatic carbocycles. The van der Waals surface area contributed by atoms with Crippen LogP contribution in [0.15, 0.2) is 35.9 Å². The Balaban J connectivity index is 1.26. The third-order valence-corrected chi connectivity index (χ3v) is 10.2. The van der Waals surface area contributed by atoms with Crippen molar-refractivity contribution in [3.05, 3.63) is 53.1 Å². The minimum absolute atomic E-state index is 0.0430. The molecule has 4 aliphatic rings. The number of nitrogens with one attached hydrogen (secondary N) is 1. The number of phenols is 1. The van der Waals surface area contributed by atoms with Crippen LogP contribution in [0.1, 0.15) is 38.2 Å². The normalized spacial score (nSPS) is 23.5. The maximum Gasteiger partial charge on any atom is 0.319 e. The molecule has 9 nitrogen and oxygen atoms in total. The number of ether oxygens (including phenoxy) is 2. The van der Waals surface area contributed by atoms with Gasteiger partial charge in [0.2, 0.25) is 5.88 Å². The first kappa shape index (κ1) is 30.8. The quantitative estimate of drug-likeness (QED) is 0.181. The summed E-state index contributed by atoms with van der Waals surface area (Å²) in [6.07, 6.45) is 12.2. The Morgan fingerprint density at radius 3 is 2.56 bits per heavy atom. The van der Waals surface area contributed by atoms with Gasteiger partial charge in [0.05, 0.1) is 12.7 Å². The number of halogens is 2. The lowest BCUT2D eigenvalue weighted by molar-refractivity contribution is 0.284. The predicted octanol–water partition coefficient (Wildman–Crippen LogP) is 5.43. The van der Waals surface area contributed by atoms with Crippen LogP contribution >= 0.6 is 0 Å². The van der Waals surface area contributed by atoms with Crippen LogP contribution in [-0.4, -0.2) is 83.5 Å². The van der Waals surface area contributed by atoms with Crippen LogP contribution in [0.25, 0.3) is 32.9 Å². The number of nitrogens with zero attached hydrogens (tertiary/aromatic N) is 5. The topological polar surface area (TPSA) is 95.9 Å². The zero-order chi connectivity index (χ0) is 33.1. The van der Waals surface area contributed by atoms with Gasteiger partial charge in [-0.15, -0.1) is 6.42 Å². The number of aromatic hydroxyl groups is 1. The van der Waals surface area contributed by atoms with E-state index in [0.29, 0.717) is 29.7 Å². The van der Waals surface area contributed by atoms with E-state index in [9.17, 15) is 9.50 Å². The molecule has 11 heteroatoms. The number of piperazine rings is 1. The molecule has 0 spiro atoms. The minimum atomic E-state index is -0.780. The maximum atomic E-state index is 17.1. The van der Waals surface area contributed by atoms with Gasteiger partial charge in [-0.05, 0) is 66.7 Å². The van der Waals surface area contributed by atoms with Gasteiger partial charge in [-0.2, -0.15) is 9.97 Å². The lowest BCUT2D eigenvalue weighted by atomic mass is 9.95. The van der Waals surface area contributed by atoms with Gasteiger partial charge in [0.15, 0.2) is 5.82 Å². The third kappa shape index (κ3) is 5.47. The molecule has 0 radical (unpaired) electrons. The van der Waals surface area contributed by atoms with Gasteiger partial charge in [-0.25, -0.2) is 13.8 Å². The van der Waals surface area contributed by atoms with Crippen LogP contribution in [0.2, 0.25) is 0 Å².